The van der Waals surface area contributed by atoms with Gasteiger partial charge >= 0.3 is 5.97 Å². The monoisotopic (exact) mass is 552 g/mol. The molecular weight excluding hydrogens is 516 g/mol. The zero-order valence-corrected chi connectivity index (χ0v) is 21.9. The quantitative estimate of drug-likeness (QED) is 0.161. The van der Waals surface area contributed by atoms with Gasteiger partial charge in [0.25, 0.3) is 0 Å². The molecule has 38 heavy (non-hydrogen) atoms. The number of carbonyl (C=O) groups is 1. The highest BCUT2D eigenvalue weighted by Crippen LogP contribution is 2.30. The predicted molar refractivity (Wildman–Crippen MR) is 141 cm³/mol. The third-order valence-corrected chi connectivity index (χ3v) is 6.84. The number of aliphatic hydroxyl groups is 5. The van der Waals surface area contributed by atoms with Crippen molar-refractivity contribution < 1.29 is 39.8 Å². The van der Waals surface area contributed by atoms with E-state index in [9.17, 15) is 25.2 Å². The summed E-state index contributed by atoms with van der Waals surface area (Å²) in [7, 11) is 0. The number of ether oxygens (including phenoxy) is 2. The Morgan fingerprint density at radius 2 is 1.47 bits per heavy atom. The standard InChI is InChI=1S/C27H37ClN2O8/c28-21-8-6-20(7-9-21)25(19-4-2-1-3-5-19)30-12-10-29(11-13-30)14-15-37-18-24(34)38-17-23(33)27(36)26(35)22(32)16-31/h1-9,22-23,25-27,31-33,35-36H,10-18H2. The van der Waals surface area contributed by atoms with Crippen molar-refractivity contribution in [2.75, 3.05) is 59.2 Å². The highest BCUT2D eigenvalue weighted by Gasteiger charge is 2.31. The van der Waals surface area contributed by atoms with Gasteiger partial charge in [0, 0.05) is 37.7 Å². The van der Waals surface area contributed by atoms with Gasteiger partial charge in [-0.1, -0.05) is 54.1 Å². The molecule has 210 valence electrons. The molecular formula is C27H37ClN2O8. The number of esters is 1. The van der Waals surface area contributed by atoms with Gasteiger partial charge in [-0.05, 0) is 23.3 Å². The molecule has 5 N–H and O–H groups in total. The maximum absolute atomic E-state index is 11.9. The van der Waals surface area contributed by atoms with Gasteiger partial charge in [-0.3, -0.25) is 9.80 Å². The van der Waals surface area contributed by atoms with Crippen LogP contribution in [-0.4, -0.2) is 125 Å². The molecule has 1 heterocycles. The summed E-state index contributed by atoms with van der Waals surface area (Å²) in [4.78, 5) is 16.6. The molecule has 1 aliphatic rings. The number of aliphatic hydroxyl groups excluding tert-OH is 5. The first-order valence-electron chi connectivity index (χ1n) is 12.6. The van der Waals surface area contributed by atoms with E-state index in [1.54, 1.807) is 0 Å². The zero-order chi connectivity index (χ0) is 27.5. The number of benzene rings is 2. The van der Waals surface area contributed by atoms with Crippen LogP contribution >= 0.6 is 11.6 Å². The average Bonchev–Trinajstić information content (AvgIpc) is 2.95. The number of hydrogen-bond acceptors (Lipinski definition) is 10. The third kappa shape index (κ3) is 8.98. The number of piperazine rings is 1. The second kappa shape index (κ2) is 15.5. The lowest BCUT2D eigenvalue weighted by atomic mass is 9.96. The molecule has 0 bridgehead atoms. The average molecular weight is 553 g/mol. The topological polar surface area (TPSA) is 143 Å². The van der Waals surface area contributed by atoms with E-state index in [0.29, 0.717) is 18.2 Å². The van der Waals surface area contributed by atoms with Crippen molar-refractivity contribution in [1.82, 2.24) is 9.80 Å². The van der Waals surface area contributed by atoms with Crippen LogP contribution < -0.4 is 0 Å². The largest absolute Gasteiger partial charge is 0.461 e. The van der Waals surface area contributed by atoms with Crippen LogP contribution in [0.3, 0.4) is 0 Å². The van der Waals surface area contributed by atoms with E-state index < -0.39 is 43.6 Å². The molecule has 2 aromatic rings. The van der Waals surface area contributed by atoms with Gasteiger partial charge in [-0.2, -0.15) is 0 Å². The van der Waals surface area contributed by atoms with Crippen molar-refractivity contribution >= 4 is 17.6 Å². The van der Waals surface area contributed by atoms with Crippen molar-refractivity contribution in [3.8, 4) is 0 Å². The van der Waals surface area contributed by atoms with E-state index in [1.165, 1.54) is 11.1 Å². The number of hydrogen-bond donors (Lipinski definition) is 5. The lowest BCUT2D eigenvalue weighted by Gasteiger charge is -2.39. The van der Waals surface area contributed by atoms with Crippen molar-refractivity contribution in [3.63, 3.8) is 0 Å². The first-order chi connectivity index (χ1) is 18.3. The van der Waals surface area contributed by atoms with Crippen LogP contribution in [0, 0.1) is 0 Å². The number of rotatable bonds is 14. The second-order valence-corrected chi connectivity index (χ2v) is 9.71. The summed E-state index contributed by atoms with van der Waals surface area (Å²) in [6, 6.07) is 18.5. The first-order valence-corrected chi connectivity index (χ1v) is 13.0. The Morgan fingerprint density at radius 3 is 2.11 bits per heavy atom. The Morgan fingerprint density at radius 1 is 0.868 bits per heavy atom. The Labute approximate surface area is 227 Å². The summed E-state index contributed by atoms with van der Waals surface area (Å²) in [5, 5.41) is 48.0. The van der Waals surface area contributed by atoms with E-state index >= 15 is 0 Å². The Balaban J connectivity index is 1.38. The molecule has 2 aromatic carbocycles. The summed E-state index contributed by atoms with van der Waals surface area (Å²) >= 11 is 6.11. The Hall–Kier alpha value is -2.12. The lowest BCUT2D eigenvalue weighted by Crippen LogP contribution is -2.48. The molecule has 5 atom stereocenters. The van der Waals surface area contributed by atoms with Gasteiger partial charge in [0.2, 0.25) is 0 Å². The zero-order valence-electron chi connectivity index (χ0n) is 21.2. The summed E-state index contributed by atoms with van der Waals surface area (Å²) in [6.45, 7) is 2.68. The SMILES string of the molecule is O=C(COCCN1CCN(C(c2ccccc2)c2ccc(Cl)cc2)CC1)OCC(O)C(O)C(O)C(O)CO. The number of nitrogens with zero attached hydrogens (tertiary/aromatic N) is 2. The van der Waals surface area contributed by atoms with Gasteiger partial charge in [-0.25, -0.2) is 4.79 Å². The summed E-state index contributed by atoms with van der Waals surface area (Å²) in [5.41, 5.74) is 2.41. The smallest absolute Gasteiger partial charge is 0.332 e. The summed E-state index contributed by atoms with van der Waals surface area (Å²) < 4.78 is 10.3. The Bertz CT molecular complexity index is 959. The highest BCUT2D eigenvalue weighted by molar-refractivity contribution is 6.30. The fourth-order valence-electron chi connectivity index (χ4n) is 4.37. The summed E-state index contributed by atoms with van der Waals surface area (Å²) in [5.74, 6) is -0.730. The maximum atomic E-state index is 11.9. The molecule has 0 saturated carbocycles. The van der Waals surface area contributed by atoms with E-state index in [4.69, 9.17) is 26.2 Å². The lowest BCUT2D eigenvalue weighted by molar-refractivity contribution is -0.160. The van der Waals surface area contributed by atoms with Crippen LogP contribution in [-0.2, 0) is 14.3 Å². The van der Waals surface area contributed by atoms with E-state index in [1.807, 2.05) is 30.3 Å². The van der Waals surface area contributed by atoms with E-state index in [2.05, 4.69) is 34.1 Å². The first kappa shape index (κ1) is 30.4. The van der Waals surface area contributed by atoms with Gasteiger partial charge in [-0.15, -0.1) is 0 Å². The fraction of sp³-hybridized carbons (Fsp3) is 0.519. The van der Waals surface area contributed by atoms with Crippen LogP contribution in [0.25, 0.3) is 0 Å². The van der Waals surface area contributed by atoms with Gasteiger partial charge in [0.05, 0.1) is 19.3 Å². The molecule has 3 rings (SSSR count). The van der Waals surface area contributed by atoms with Crippen LogP contribution in [0.1, 0.15) is 17.2 Å². The van der Waals surface area contributed by atoms with Crippen molar-refractivity contribution in [2.45, 2.75) is 30.5 Å². The van der Waals surface area contributed by atoms with Gasteiger partial charge < -0.3 is 35.0 Å². The Kier molecular flexibility index (Phi) is 12.4. The molecule has 11 heteroatoms. The van der Waals surface area contributed by atoms with Crippen LogP contribution in [0.5, 0.6) is 0 Å². The van der Waals surface area contributed by atoms with Crippen molar-refractivity contribution in [2.24, 2.45) is 0 Å². The molecule has 10 nitrogen and oxygen atoms in total. The van der Waals surface area contributed by atoms with Crippen LogP contribution in [0.4, 0.5) is 0 Å². The van der Waals surface area contributed by atoms with E-state index in [-0.39, 0.29) is 12.6 Å². The molecule has 0 amide bonds. The molecule has 0 aromatic heterocycles. The molecule has 0 radical (unpaired) electrons. The molecule has 1 saturated heterocycles. The third-order valence-electron chi connectivity index (χ3n) is 6.59. The molecule has 5 unspecified atom stereocenters. The van der Waals surface area contributed by atoms with Gasteiger partial charge in [0.1, 0.15) is 37.6 Å². The molecule has 0 aliphatic carbocycles. The minimum Gasteiger partial charge on any atom is -0.461 e. The minimum atomic E-state index is -1.79. The normalized spacial score (nSPS) is 18.9. The fourth-order valence-corrected chi connectivity index (χ4v) is 4.50. The highest BCUT2D eigenvalue weighted by atomic mass is 35.5. The number of carbonyl (C=O) groups excluding carboxylic acids is 1. The predicted octanol–water partition coefficient (Wildman–Crippen LogP) is 0.0427. The molecule has 1 aliphatic heterocycles. The second-order valence-electron chi connectivity index (χ2n) is 9.28. The molecule has 1 fully saturated rings. The number of halogens is 1. The van der Waals surface area contributed by atoms with E-state index in [0.717, 1.165) is 26.2 Å². The van der Waals surface area contributed by atoms with Crippen LogP contribution in [0.2, 0.25) is 5.02 Å². The maximum Gasteiger partial charge on any atom is 0.332 e. The summed E-state index contributed by atoms with van der Waals surface area (Å²) in [6.07, 6.45) is -6.81. The van der Waals surface area contributed by atoms with Crippen molar-refractivity contribution in [3.05, 3.63) is 70.7 Å². The van der Waals surface area contributed by atoms with Crippen LogP contribution in [0.15, 0.2) is 54.6 Å². The minimum absolute atomic E-state index is 0.128. The molecule has 0 spiro atoms. The van der Waals surface area contributed by atoms with Gasteiger partial charge in [0.15, 0.2) is 0 Å². The van der Waals surface area contributed by atoms with Crippen molar-refractivity contribution in [1.29, 1.82) is 0 Å².